The van der Waals surface area contributed by atoms with Crippen molar-refractivity contribution in [1.29, 1.82) is 0 Å². The number of hydrogen-bond donors (Lipinski definition) is 1. The van der Waals surface area contributed by atoms with Crippen molar-refractivity contribution < 1.29 is 31.1 Å². The molecule has 1 unspecified atom stereocenters. The van der Waals surface area contributed by atoms with Crippen LogP contribution in [0.25, 0.3) is 0 Å². The van der Waals surface area contributed by atoms with Crippen LogP contribution < -0.4 is 5.32 Å². The number of rotatable bonds is 6. The fourth-order valence-corrected chi connectivity index (χ4v) is 1.67. The van der Waals surface area contributed by atoms with Gasteiger partial charge < -0.3 is 10.1 Å². The number of benzene rings is 1. The van der Waals surface area contributed by atoms with Crippen LogP contribution in [0.5, 0.6) is 0 Å². The summed E-state index contributed by atoms with van der Waals surface area (Å²) in [5.41, 5.74) is -0.546. The molecule has 0 spiro atoms. The second-order valence-corrected chi connectivity index (χ2v) is 4.02. The van der Waals surface area contributed by atoms with Crippen molar-refractivity contribution in [3.05, 3.63) is 35.1 Å². The van der Waals surface area contributed by atoms with Crippen molar-refractivity contribution in [2.24, 2.45) is 0 Å². The lowest BCUT2D eigenvalue weighted by Crippen LogP contribution is -2.29. The van der Waals surface area contributed by atoms with E-state index in [4.69, 9.17) is 0 Å². The first-order chi connectivity index (χ1) is 9.24. The Morgan fingerprint density at radius 2 is 1.70 bits per heavy atom. The third-order valence-electron chi connectivity index (χ3n) is 2.39. The van der Waals surface area contributed by atoms with E-state index < -0.39 is 48.4 Å². The first-order valence-corrected chi connectivity index (χ1v) is 5.77. The van der Waals surface area contributed by atoms with Gasteiger partial charge in [0.05, 0.1) is 12.6 Å². The van der Waals surface area contributed by atoms with Gasteiger partial charge in [-0.15, -0.1) is 0 Å². The predicted octanol–water partition coefficient (Wildman–Crippen LogP) is 3.33. The third kappa shape index (κ3) is 5.01. The quantitative estimate of drug-likeness (QED) is 0.814. The molecule has 0 radical (unpaired) electrons. The van der Waals surface area contributed by atoms with Gasteiger partial charge in [-0.1, -0.05) is 6.92 Å². The summed E-state index contributed by atoms with van der Waals surface area (Å²) in [6.45, 7) is -0.265. The minimum atomic E-state index is -4.53. The van der Waals surface area contributed by atoms with Crippen LogP contribution in [0.2, 0.25) is 0 Å². The molecule has 1 aromatic carbocycles. The molecular weight excluding hydrogens is 288 g/mol. The molecule has 0 aliphatic rings. The molecule has 0 aromatic heterocycles. The SMILES string of the molecule is CCNC(COCC(F)(F)F)c1c(F)cc(F)cc1F. The molecule has 20 heavy (non-hydrogen) atoms. The number of halogens is 6. The van der Waals surface area contributed by atoms with Crippen LogP contribution in [-0.4, -0.2) is 25.9 Å². The largest absolute Gasteiger partial charge is 0.411 e. The highest BCUT2D eigenvalue weighted by Crippen LogP contribution is 2.23. The molecule has 1 rings (SSSR count). The number of hydrogen-bond acceptors (Lipinski definition) is 2. The Morgan fingerprint density at radius 3 is 2.15 bits per heavy atom. The molecule has 0 saturated heterocycles. The average molecular weight is 301 g/mol. The summed E-state index contributed by atoms with van der Waals surface area (Å²) in [7, 11) is 0. The van der Waals surface area contributed by atoms with Gasteiger partial charge in [0.25, 0.3) is 0 Å². The van der Waals surface area contributed by atoms with Crippen molar-refractivity contribution in [3.63, 3.8) is 0 Å². The van der Waals surface area contributed by atoms with E-state index in [0.29, 0.717) is 12.1 Å². The zero-order valence-corrected chi connectivity index (χ0v) is 10.5. The fraction of sp³-hybridized carbons (Fsp3) is 0.500. The number of likely N-dealkylation sites (N-methyl/N-ethyl adjacent to an activating group) is 1. The van der Waals surface area contributed by atoms with Gasteiger partial charge in [-0.2, -0.15) is 13.2 Å². The van der Waals surface area contributed by atoms with Gasteiger partial charge in [-0.3, -0.25) is 0 Å². The van der Waals surface area contributed by atoms with Crippen molar-refractivity contribution in [3.8, 4) is 0 Å². The van der Waals surface area contributed by atoms with E-state index >= 15 is 0 Å². The highest BCUT2D eigenvalue weighted by molar-refractivity contribution is 5.24. The second-order valence-electron chi connectivity index (χ2n) is 4.02. The van der Waals surface area contributed by atoms with Gasteiger partial charge in [0.1, 0.15) is 24.1 Å². The maximum absolute atomic E-state index is 13.5. The first kappa shape index (κ1) is 16.8. The molecule has 1 atom stereocenters. The van der Waals surface area contributed by atoms with Crippen LogP contribution in [0, 0.1) is 17.5 Å². The highest BCUT2D eigenvalue weighted by atomic mass is 19.4. The summed E-state index contributed by atoms with van der Waals surface area (Å²) in [6.07, 6.45) is -4.53. The van der Waals surface area contributed by atoms with E-state index in [1.807, 2.05) is 0 Å². The smallest absolute Gasteiger partial charge is 0.370 e. The minimum absolute atomic E-state index is 0.246. The maximum Gasteiger partial charge on any atom is 0.411 e. The zero-order valence-electron chi connectivity index (χ0n) is 10.5. The molecule has 0 aliphatic heterocycles. The Bertz CT molecular complexity index is 425. The van der Waals surface area contributed by atoms with Crippen LogP contribution in [-0.2, 0) is 4.74 Å². The molecule has 114 valence electrons. The Hall–Kier alpha value is -1.28. The van der Waals surface area contributed by atoms with E-state index in [-0.39, 0.29) is 6.54 Å². The highest BCUT2D eigenvalue weighted by Gasteiger charge is 2.29. The monoisotopic (exact) mass is 301 g/mol. The molecule has 0 heterocycles. The summed E-state index contributed by atoms with van der Waals surface area (Å²) < 4.78 is 80.2. The molecule has 0 aliphatic carbocycles. The Labute approximate surface area is 111 Å². The topological polar surface area (TPSA) is 21.3 Å². The van der Waals surface area contributed by atoms with Gasteiger partial charge in [0.2, 0.25) is 0 Å². The van der Waals surface area contributed by atoms with E-state index in [1.54, 1.807) is 6.92 Å². The van der Waals surface area contributed by atoms with Crippen molar-refractivity contribution in [2.45, 2.75) is 19.1 Å². The summed E-state index contributed by atoms with van der Waals surface area (Å²) in [4.78, 5) is 0. The van der Waals surface area contributed by atoms with Crippen molar-refractivity contribution in [2.75, 3.05) is 19.8 Å². The Balaban J connectivity index is 2.86. The van der Waals surface area contributed by atoms with E-state index in [2.05, 4.69) is 10.1 Å². The van der Waals surface area contributed by atoms with E-state index in [0.717, 1.165) is 0 Å². The normalized spacial score (nSPS) is 13.6. The number of ether oxygens (including phenoxy) is 1. The lowest BCUT2D eigenvalue weighted by molar-refractivity contribution is -0.175. The summed E-state index contributed by atoms with van der Waals surface area (Å²) >= 11 is 0. The minimum Gasteiger partial charge on any atom is -0.370 e. The molecule has 1 N–H and O–H groups in total. The van der Waals surface area contributed by atoms with Crippen LogP contribution in [0.1, 0.15) is 18.5 Å². The Kier molecular flexibility index (Phi) is 5.82. The zero-order chi connectivity index (χ0) is 15.3. The molecule has 2 nitrogen and oxygen atoms in total. The maximum atomic E-state index is 13.5. The van der Waals surface area contributed by atoms with Gasteiger partial charge in [-0.25, -0.2) is 13.2 Å². The van der Waals surface area contributed by atoms with Gasteiger partial charge in [0.15, 0.2) is 0 Å². The predicted molar refractivity (Wildman–Crippen MR) is 59.6 cm³/mol. The Morgan fingerprint density at radius 1 is 1.15 bits per heavy atom. The first-order valence-electron chi connectivity index (χ1n) is 5.77. The lowest BCUT2D eigenvalue weighted by Gasteiger charge is -2.20. The van der Waals surface area contributed by atoms with Crippen molar-refractivity contribution in [1.82, 2.24) is 5.32 Å². The number of alkyl halides is 3. The van der Waals surface area contributed by atoms with Crippen molar-refractivity contribution >= 4 is 0 Å². The van der Waals surface area contributed by atoms with Gasteiger partial charge >= 0.3 is 6.18 Å². The van der Waals surface area contributed by atoms with Gasteiger partial charge in [-0.05, 0) is 6.54 Å². The van der Waals surface area contributed by atoms with Crippen LogP contribution in [0.3, 0.4) is 0 Å². The summed E-state index contributed by atoms with van der Waals surface area (Å²) in [5.74, 6) is -3.46. The van der Waals surface area contributed by atoms with Crippen LogP contribution in [0.15, 0.2) is 12.1 Å². The summed E-state index contributed by atoms with van der Waals surface area (Å²) in [6, 6.07) is -0.207. The fourth-order valence-electron chi connectivity index (χ4n) is 1.67. The second kappa shape index (κ2) is 6.94. The molecule has 1 aromatic rings. The molecule has 0 amide bonds. The molecule has 0 fully saturated rings. The lowest BCUT2D eigenvalue weighted by atomic mass is 10.1. The van der Waals surface area contributed by atoms with Crippen LogP contribution >= 0.6 is 0 Å². The number of nitrogens with one attached hydrogen (secondary N) is 1. The van der Waals surface area contributed by atoms with Crippen LogP contribution in [0.4, 0.5) is 26.3 Å². The molecular formula is C12H13F6NO. The molecule has 0 saturated carbocycles. The average Bonchev–Trinajstić information content (AvgIpc) is 2.25. The molecule has 8 heteroatoms. The molecule has 0 bridgehead atoms. The summed E-state index contributed by atoms with van der Waals surface area (Å²) in [5, 5.41) is 2.59. The van der Waals surface area contributed by atoms with E-state index in [9.17, 15) is 26.3 Å². The third-order valence-corrected chi connectivity index (χ3v) is 2.39. The van der Waals surface area contributed by atoms with E-state index in [1.165, 1.54) is 0 Å². The standard InChI is InChI=1S/C12H13F6NO/c1-2-19-10(5-20-6-12(16,17)18)11-8(14)3-7(13)4-9(11)15/h3-4,10,19H,2,5-6H2,1H3. The van der Waals surface area contributed by atoms with Gasteiger partial charge in [0, 0.05) is 17.7 Å².